The van der Waals surface area contributed by atoms with E-state index < -0.39 is 29.4 Å². The minimum absolute atomic E-state index is 0.231. The molecule has 3 N–H and O–H groups in total. The lowest BCUT2D eigenvalue weighted by Crippen LogP contribution is -2.53. The molecule has 4 unspecified atom stereocenters. The van der Waals surface area contributed by atoms with E-state index in [9.17, 15) is 15.0 Å². The van der Waals surface area contributed by atoms with Crippen molar-refractivity contribution in [1.82, 2.24) is 5.32 Å². The van der Waals surface area contributed by atoms with Gasteiger partial charge in [0.25, 0.3) is 0 Å². The molecule has 8 nitrogen and oxygen atoms in total. The number of amides is 1. The highest BCUT2D eigenvalue weighted by molar-refractivity contribution is 5.68. The molecule has 0 aliphatic carbocycles. The summed E-state index contributed by atoms with van der Waals surface area (Å²) in [5.41, 5.74) is 7.88. The third-order valence-corrected chi connectivity index (χ3v) is 5.22. The Labute approximate surface area is 180 Å². The largest absolute Gasteiger partial charge is 0.445 e. The molecule has 0 bridgehead atoms. The molecule has 0 aliphatic heterocycles. The summed E-state index contributed by atoms with van der Waals surface area (Å²) in [5, 5.41) is 25.4. The van der Waals surface area contributed by atoms with Crippen LogP contribution in [0.5, 0.6) is 0 Å². The Kier molecular flexibility index (Phi) is 12.8. The topological polar surface area (TPSA) is 128 Å². The van der Waals surface area contributed by atoms with E-state index in [1.807, 2.05) is 51.1 Å². The van der Waals surface area contributed by atoms with Crippen molar-refractivity contribution >= 4 is 6.09 Å². The molecule has 0 aromatic heterocycles. The Morgan fingerprint density at radius 2 is 1.70 bits per heavy atom. The van der Waals surface area contributed by atoms with Gasteiger partial charge in [-0.25, -0.2) is 4.79 Å². The van der Waals surface area contributed by atoms with Crippen LogP contribution in [0.1, 0.15) is 72.8 Å². The Balaban J connectivity index is 0.000000654. The number of azide groups is 1. The van der Waals surface area contributed by atoms with Gasteiger partial charge in [-0.2, -0.15) is 0 Å². The number of carbonyl (C=O) groups excluding carboxylic acids is 1. The molecular formula is C22H38N4O4. The van der Waals surface area contributed by atoms with Crippen molar-refractivity contribution in [2.24, 2.45) is 5.11 Å². The predicted molar refractivity (Wildman–Crippen MR) is 119 cm³/mol. The first-order valence-corrected chi connectivity index (χ1v) is 10.5. The molecule has 1 aromatic rings. The summed E-state index contributed by atoms with van der Waals surface area (Å²) >= 11 is 0. The Hall–Kier alpha value is -2.28. The lowest BCUT2D eigenvalue weighted by atomic mass is 9.91. The standard InChI is InChI=1S/C15H23NO3.C7H15N3O/c1-4-10-15(3,12(2)17)16-14(18)19-11-13-8-6-5-7-9-13;1-4-5-7(3,6(2)11)9-10-8/h5-9,12,17H,4,10-11H2,1-3H3,(H,16,18);6,11H,4-5H2,1-3H3. The second-order valence-corrected chi connectivity index (χ2v) is 8.00. The second kappa shape index (κ2) is 13.9. The van der Waals surface area contributed by atoms with E-state index in [0.717, 1.165) is 18.4 Å². The van der Waals surface area contributed by atoms with Crippen LogP contribution in [-0.4, -0.2) is 39.6 Å². The zero-order valence-corrected chi connectivity index (χ0v) is 19.1. The van der Waals surface area contributed by atoms with Gasteiger partial charge in [-0.15, -0.1) is 0 Å². The molecule has 4 atom stereocenters. The predicted octanol–water partition coefficient (Wildman–Crippen LogP) is 5.09. The zero-order chi connectivity index (χ0) is 23.2. The third kappa shape index (κ3) is 9.96. The Morgan fingerprint density at radius 3 is 2.13 bits per heavy atom. The number of rotatable bonds is 10. The summed E-state index contributed by atoms with van der Waals surface area (Å²) in [5.74, 6) is 0. The number of hydrogen-bond acceptors (Lipinski definition) is 5. The summed E-state index contributed by atoms with van der Waals surface area (Å²) in [6.45, 7) is 11.1. The van der Waals surface area contributed by atoms with Crippen molar-refractivity contribution in [2.45, 2.75) is 97.1 Å². The van der Waals surface area contributed by atoms with Crippen molar-refractivity contribution < 1.29 is 19.7 Å². The summed E-state index contributed by atoms with van der Waals surface area (Å²) in [4.78, 5) is 14.5. The maximum Gasteiger partial charge on any atom is 0.407 e. The first-order chi connectivity index (χ1) is 14.0. The quantitative estimate of drug-likeness (QED) is 0.276. The fraction of sp³-hybridized carbons (Fsp3) is 0.682. The van der Waals surface area contributed by atoms with Gasteiger partial charge in [0.2, 0.25) is 0 Å². The maximum absolute atomic E-state index is 11.8. The van der Waals surface area contributed by atoms with Crippen molar-refractivity contribution in [3.05, 3.63) is 46.3 Å². The molecule has 0 spiro atoms. The third-order valence-electron chi connectivity index (χ3n) is 5.22. The molecular weight excluding hydrogens is 384 g/mol. The highest BCUT2D eigenvalue weighted by Crippen LogP contribution is 2.22. The van der Waals surface area contributed by atoms with Gasteiger partial charge in [0.05, 0.1) is 23.3 Å². The van der Waals surface area contributed by atoms with Gasteiger partial charge in [-0.05, 0) is 44.7 Å². The highest BCUT2D eigenvalue weighted by atomic mass is 16.5. The Morgan fingerprint density at radius 1 is 1.13 bits per heavy atom. The molecule has 0 saturated carbocycles. The van der Waals surface area contributed by atoms with E-state index in [4.69, 9.17) is 10.3 Å². The van der Waals surface area contributed by atoms with E-state index in [0.29, 0.717) is 12.8 Å². The zero-order valence-electron chi connectivity index (χ0n) is 19.1. The van der Waals surface area contributed by atoms with Crippen molar-refractivity contribution in [3.63, 3.8) is 0 Å². The molecule has 0 fully saturated rings. The molecule has 1 amide bonds. The average Bonchev–Trinajstić information content (AvgIpc) is 2.68. The van der Waals surface area contributed by atoms with Crippen molar-refractivity contribution in [2.75, 3.05) is 0 Å². The van der Waals surface area contributed by atoms with Crippen LogP contribution in [0.25, 0.3) is 10.4 Å². The number of nitrogens with one attached hydrogen (secondary N) is 1. The van der Waals surface area contributed by atoms with Crippen LogP contribution in [0, 0.1) is 0 Å². The lowest BCUT2D eigenvalue weighted by Gasteiger charge is -2.33. The van der Waals surface area contributed by atoms with Crippen LogP contribution in [0.4, 0.5) is 4.79 Å². The Bertz CT molecular complexity index is 662. The first kappa shape index (κ1) is 27.7. The number of carbonyl (C=O) groups is 1. The molecule has 1 aromatic carbocycles. The average molecular weight is 423 g/mol. The molecule has 30 heavy (non-hydrogen) atoms. The normalized spacial score (nSPS) is 16.4. The summed E-state index contributed by atoms with van der Waals surface area (Å²) < 4.78 is 5.16. The van der Waals surface area contributed by atoms with E-state index in [1.54, 1.807) is 20.8 Å². The second-order valence-electron chi connectivity index (χ2n) is 8.00. The maximum atomic E-state index is 11.8. The number of aliphatic hydroxyl groups excluding tert-OH is 2. The van der Waals surface area contributed by atoms with E-state index in [2.05, 4.69) is 15.3 Å². The number of ether oxygens (including phenoxy) is 1. The molecule has 0 saturated heterocycles. The van der Waals surface area contributed by atoms with Crippen LogP contribution in [0.2, 0.25) is 0 Å². The number of aliphatic hydroxyl groups is 2. The van der Waals surface area contributed by atoms with Gasteiger partial charge in [0, 0.05) is 4.91 Å². The van der Waals surface area contributed by atoms with Crippen molar-refractivity contribution in [3.8, 4) is 0 Å². The highest BCUT2D eigenvalue weighted by Gasteiger charge is 2.31. The molecule has 1 rings (SSSR count). The minimum Gasteiger partial charge on any atom is -0.445 e. The van der Waals surface area contributed by atoms with E-state index in [1.165, 1.54) is 0 Å². The number of benzene rings is 1. The summed E-state index contributed by atoms with van der Waals surface area (Å²) in [7, 11) is 0. The number of nitrogens with zero attached hydrogens (tertiary/aromatic N) is 3. The summed E-state index contributed by atoms with van der Waals surface area (Å²) in [6.07, 6.45) is 1.48. The first-order valence-electron chi connectivity index (χ1n) is 10.5. The lowest BCUT2D eigenvalue weighted by molar-refractivity contribution is 0.0647. The smallest absolute Gasteiger partial charge is 0.407 e. The van der Waals surface area contributed by atoms with Gasteiger partial charge < -0.3 is 20.3 Å². The minimum atomic E-state index is -0.650. The number of alkyl carbamates (subject to hydrolysis) is 1. The van der Waals surface area contributed by atoms with Crippen LogP contribution in [-0.2, 0) is 11.3 Å². The van der Waals surface area contributed by atoms with Crippen LogP contribution >= 0.6 is 0 Å². The van der Waals surface area contributed by atoms with Gasteiger partial charge in [0.15, 0.2) is 0 Å². The molecule has 0 heterocycles. The SMILES string of the molecule is CCCC(C)(N=[N+]=[N-])C(C)O.CCCC(C)(NC(=O)OCc1ccccc1)C(C)O. The van der Waals surface area contributed by atoms with Crippen LogP contribution in [0.15, 0.2) is 35.4 Å². The summed E-state index contributed by atoms with van der Waals surface area (Å²) in [6, 6.07) is 9.50. The fourth-order valence-electron chi connectivity index (χ4n) is 2.84. The van der Waals surface area contributed by atoms with Crippen molar-refractivity contribution in [1.29, 1.82) is 0 Å². The molecule has 8 heteroatoms. The van der Waals surface area contributed by atoms with E-state index >= 15 is 0 Å². The van der Waals surface area contributed by atoms with Gasteiger partial charge >= 0.3 is 6.09 Å². The molecule has 170 valence electrons. The number of hydrogen-bond donors (Lipinski definition) is 3. The van der Waals surface area contributed by atoms with Crippen LogP contribution in [0.3, 0.4) is 0 Å². The fourth-order valence-corrected chi connectivity index (χ4v) is 2.84. The van der Waals surface area contributed by atoms with Gasteiger partial charge in [-0.1, -0.05) is 69.1 Å². The van der Waals surface area contributed by atoms with Crippen LogP contribution < -0.4 is 5.32 Å². The molecule has 0 radical (unpaired) electrons. The van der Waals surface area contributed by atoms with E-state index in [-0.39, 0.29) is 6.61 Å². The molecule has 0 aliphatic rings. The van der Waals surface area contributed by atoms with Gasteiger partial charge in [-0.3, -0.25) is 0 Å². The monoisotopic (exact) mass is 422 g/mol. The van der Waals surface area contributed by atoms with Gasteiger partial charge in [0.1, 0.15) is 6.61 Å².